The molecule has 0 bridgehead atoms. The number of aliphatic hydroxyl groups is 2. The summed E-state index contributed by atoms with van der Waals surface area (Å²) in [6, 6.07) is -0.544. The van der Waals surface area contributed by atoms with Crippen LogP contribution in [0.4, 0.5) is 5.82 Å². The molecule has 2 aliphatic heterocycles. The van der Waals surface area contributed by atoms with Crippen molar-refractivity contribution in [3.63, 3.8) is 0 Å². The minimum absolute atomic E-state index is 0.111. The number of rotatable bonds is 5. The highest BCUT2D eigenvalue weighted by Crippen LogP contribution is 2.34. The Balaban J connectivity index is 0.000000523. The third kappa shape index (κ3) is 5.81. The lowest BCUT2D eigenvalue weighted by Crippen LogP contribution is -2.33. The standard InChI is InChI=1S/C15H20N6O5S.H2O4S/c16-12-9-13(19-4-18-12)21(5-20-9)14-11(23)10(22)8(26-14)3-27-6-1-7(15(24)25)17-2-6;1-5(2,3)4/h4-8,10-11,14,17,22-23H,1-3H2,(H,24,25)(H2,16,18,19);(H2,1,2,3,4)/t6-,7+,8-,10-,11-,14-;/m1./s1. The van der Waals surface area contributed by atoms with Crippen LogP contribution >= 0.6 is 11.8 Å². The van der Waals surface area contributed by atoms with Gasteiger partial charge in [0.05, 0.1) is 12.4 Å². The highest BCUT2D eigenvalue weighted by Gasteiger charge is 2.44. The zero-order valence-corrected chi connectivity index (χ0v) is 17.9. The molecular weight excluding hydrogens is 472 g/mol. The van der Waals surface area contributed by atoms with E-state index in [2.05, 4.69) is 20.3 Å². The molecule has 0 spiro atoms. The number of aliphatic hydroxyl groups excluding tert-OH is 2. The topological polar surface area (TPSA) is 243 Å². The number of hydrogen-bond acceptors (Lipinski definition) is 12. The maximum atomic E-state index is 11.0. The number of thioether (sulfide) groups is 1. The number of fused-ring (bicyclic) bond motifs is 1. The Kier molecular flexibility index (Phi) is 7.50. The normalized spacial score (nSPS) is 30.2. The molecule has 32 heavy (non-hydrogen) atoms. The van der Waals surface area contributed by atoms with Crippen molar-refractivity contribution < 1.29 is 42.4 Å². The summed E-state index contributed by atoms with van der Waals surface area (Å²) in [5.41, 5.74) is 6.59. The van der Waals surface area contributed by atoms with Crippen LogP contribution in [-0.4, -0.2) is 100 Å². The lowest BCUT2D eigenvalue weighted by molar-refractivity contribution is -0.139. The predicted octanol–water partition coefficient (Wildman–Crippen LogP) is -2.08. The largest absolute Gasteiger partial charge is 0.480 e. The summed E-state index contributed by atoms with van der Waals surface area (Å²) in [6.07, 6.45) is -0.427. The predicted molar refractivity (Wildman–Crippen MR) is 110 cm³/mol. The van der Waals surface area contributed by atoms with Crippen LogP contribution in [0.2, 0.25) is 0 Å². The molecule has 2 saturated heterocycles. The quantitative estimate of drug-likeness (QED) is 0.221. The van der Waals surface area contributed by atoms with E-state index < -0.39 is 46.9 Å². The average Bonchev–Trinajstić information content (AvgIpc) is 3.39. The van der Waals surface area contributed by atoms with Crippen LogP contribution in [0.15, 0.2) is 12.7 Å². The Morgan fingerprint density at radius 2 is 1.97 bits per heavy atom. The van der Waals surface area contributed by atoms with Gasteiger partial charge in [-0.2, -0.15) is 20.2 Å². The molecular formula is C15H22N6O9S2. The van der Waals surface area contributed by atoms with E-state index in [9.17, 15) is 15.0 Å². The Morgan fingerprint density at radius 3 is 2.59 bits per heavy atom. The van der Waals surface area contributed by atoms with Gasteiger partial charge in [0.1, 0.15) is 30.1 Å². The zero-order valence-electron chi connectivity index (χ0n) is 16.3. The number of carboxylic acids is 1. The highest BCUT2D eigenvalue weighted by molar-refractivity contribution is 8.00. The molecule has 0 unspecified atom stereocenters. The summed E-state index contributed by atoms with van der Waals surface area (Å²) in [5, 5.41) is 32.9. The molecule has 2 aromatic rings. The number of nitrogen functional groups attached to an aromatic ring is 1. The van der Waals surface area contributed by atoms with Crippen LogP contribution in [-0.2, 0) is 19.9 Å². The van der Waals surface area contributed by atoms with Gasteiger partial charge in [-0.15, -0.1) is 0 Å². The molecule has 4 rings (SSSR count). The molecule has 4 heterocycles. The molecule has 0 radical (unpaired) electrons. The Morgan fingerprint density at radius 1 is 1.28 bits per heavy atom. The molecule has 0 aromatic carbocycles. The van der Waals surface area contributed by atoms with E-state index in [0.29, 0.717) is 29.9 Å². The van der Waals surface area contributed by atoms with Gasteiger partial charge in [-0.3, -0.25) is 18.5 Å². The van der Waals surface area contributed by atoms with Crippen molar-refractivity contribution in [2.45, 2.75) is 42.3 Å². The number of hydrogen-bond donors (Lipinski definition) is 7. The van der Waals surface area contributed by atoms with Gasteiger partial charge in [-0.25, -0.2) is 15.0 Å². The van der Waals surface area contributed by atoms with E-state index in [0.717, 1.165) is 0 Å². The molecule has 0 amide bonds. The zero-order chi connectivity index (χ0) is 23.6. The van der Waals surface area contributed by atoms with E-state index >= 15 is 0 Å². The number of nitrogens with zero attached hydrogens (tertiary/aromatic N) is 4. The van der Waals surface area contributed by atoms with E-state index in [1.165, 1.54) is 29.0 Å². The van der Waals surface area contributed by atoms with Crippen LogP contribution in [0.3, 0.4) is 0 Å². The van der Waals surface area contributed by atoms with Gasteiger partial charge < -0.3 is 31.1 Å². The molecule has 2 aromatic heterocycles. The fourth-order valence-corrected chi connectivity index (χ4v) is 4.68. The monoisotopic (exact) mass is 494 g/mol. The molecule has 0 aliphatic carbocycles. The maximum absolute atomic E-state index is 11.0. The molecule has 15 nitrogen and oxygen atoms in total. The van der Waals surface area contributed by atoms with E-state index in [1.54, 1.807) is 0 Å². The third-order valence-electron chi connectivity index (χ3n) is 4.88. The van der Waals surface area contributed by atoms with Crippen LogP contribution in [0.5, 0.6) is 0 Å². The second-order valence-corrected chi connectivity index (χ2v) is 9.30. The number of carboxylic acid groups (broad SMARTS) is 1. The smallest absolute Gasteiger partial charge is 0.394 e. The Hall–Kier alpha value is -2.12. The second kappa shape index (κ2) is 9.79. The number of ether oxygens (including phenoxy) is 1. The first-order valence-corrected chi connectivity index (χ1v) is 11.6. The van der Waals surface area contributed by atoms with Crippen molar-refractivity contribution in [3.05, 3.63) is 12.7 Å². The van der Waals surface area contributed by atoms with Gasteiger partial charge in [-0.1, -0.05) is 0 Å². The number of imidazole rings is 1. The maximum Gasteiger partial charge on any atom is 0.394 e. The number of carbonyl (C=O) groups is 1. The average molecular weight is 495 g/mol. The fourth-order valence-electron chi connectivity index (χ4n) is 3.40. The van der Waals surface area contributed by atoms with Crippen LogP contribution in [0.25, 0.3) is 11.2 Å². The van der Waals surface area contributed by atoms with Crippen LogP contribution in [0, 0.1) is 0 Å². The molecule has 8 N–H and O–H groups in total. The Labute approximate surface area is 185 Å². The van der Waals surface area contributed by atoms with Crippen molar-refractivity contribution in [1.82, 2.24) is 24.8 Å². The summed E-state index contributed by atoms with van der Waals surface area (Å²) in [5.74, 6) is -0.212. The summed E-state index contributed by atoms with van der Waals surface area (Å²) in [7, 11) is -4.67. The first-order valence-electron chi connectivity index (χ1n) is 9.18. The molecule has 0 saturated carbocycles. The van der Waals surface area contributed by atoms with Crippen molar-refractivity contribution in [2.24, 2.45) is 0 Å². The van der Waals surface area contributed by atoms with Gasteiger partial charge in [0.25, 0.3) is 0 Å². The number of anilines is 1. The SMILES string of the molecule is Nc1ncnc2c1ncn2[C@@H]1O[C@H](CS[C@H]2CN[C@H](C(=O)O)C2)[C@@H](O)[C@H]1O.O=S(=O)(O)O. The van der Waals surface area contributed by atoms with Crippen molar-refractivity contribution in [1.29, 1.82) is 0 Å². The summed E-state index contributed by atoms with van der Waals surface area (Å²) < 4.78 is 39.0. The van der Waals surface area contributed by atoms with E-state index in [4.69, 9.17) is 33.1 Å². The van der Waals surface area contributed by atoms with Gasteiger partial charge in [0, 0.05) is 17.5 Å². The number of aliphatic carboxylic acids is 1. The summed E-state index contributed by atoms with van der Waals surface area (Å²) in [6.45, 7) is 0.582. The van der Waals surface area contributed by atoms with Crippen molar-refractivity contribution >= 4 is 45.1 Å². The summed E-state index contributed by atoms with van der Waals surface area (Å²) >= 11 is 1.52. The van der Waals surface area contributed by atoms with E-state index in [-0.39, 0.29) is 11.1 Å². The van der Waals surface area contributed by atoms with Crippen LogP contribution in [0.1, 0.15) is 12.6 Å². The fraction of sp³-hybridized carbons (Fsp3) is 0.600. The van der Waals surface area contributed by atoms with E-state index in [1.807, 2.05) is 0 Å². The number of nitrogens with one attached hydrogen (secondary N) is 1. The first-order chi connectivity index (χ1) is 15.0. The van der Waals surface area contributed by atoms with Crippen molar-refractivity contribution in [2.75, 3.05) is 18.0 Å². The van der Waals surface area contributed by atoms with Crippen LogP contribution < -0.4 is 11.1 Å². The van der Waals surface area contributed by atoms with Gasteiger partial charge >= 0.3 is 16.4 Å². The Bertz CT molecular complexity index is 1060. The van der Waals surface area contributed by atoms with Gasteiger partial charge in [0.2, 0.25) is 0 Å². The molecule has 17 heteroatoms. The number of nitrogens with two attached hydrogens (primary N) is 1. The molecule has 2 aliphatic rings. The highest BCUT2D eigenvalue weighted by atomic mass is 32.3. The number of aromatic nitrogens is 4. The molecule has 178 valence electrons. The van der Waals surface area contributed by atoms with Gasteiger partial charge in [-0.05, 0) is 6.42 Å². The molecule has 6 atom stereocenters. The summed E-state index contributed by atoms with van der Waals surface area (Å²) in [4.78, 5) is 23.2. The molecule has 2 fully saturated rings. The van der Waals surface area contributed by atoms with Gasteiger partial charge in [0.15, 0.2) is 17.7 Å². The second-order valence-electron chi connectivity index (χ2n) is 7.07. The minimum Gasteiger partial charge on any atom is -0.480 e. The van der Waals surface area contributed by atoms with Crippen molar-refractivity contribution in [3.8, 4) is 0 Å². The lowest BCUT2D eigenvalue weighted by Gasteiger charge is -2.17. The lowest BCUT2D eigenvalue weighted by atomic mass is 10.1. The minimum atomic E-state index is -4.67. The first kappa shape index (κ1) is 24.5. The third-order valence-corrected chi connectivity index (χ3v) is 6.23.